The largest absolute Gasteiger partial charge is 0.386 e. The number of aliphatic imine (C=N–C) groups is 1. The summed E-state index contributed by atoms with van der Waals surface area (Å²) in [7, 11) is 0. The van der Waals surface area contributed by atoms with E-state index in [4.69, 9.17) is 11.6 Å². The molecule has 1 amide bonds. The smallest absolute Gasteiger partial charge is 0.220 e. The molecule has 2 heterocycles. The van der Waals surface area contributed by atoms with Gasteiger partial charge in [-0.15, -0.1) is 35.3 Å². The Morgan fingerprint density at radius 3 is 2.96 bits per heavy atom. The molecule has 0 aliphatic carbocycles. The van der Waals surface area contributed by atoms with Gasteiger partial charge in [0.1, 0.15) is 6.10 Å². The maximum atomic E-state index is 11.2. The highest BCUT2D eigenvalue weighted by molar-refractivity contribution is 14.0. The fraction of sp³-hybridized carbons (Fsp3) is 0.571. The van der Waals surface area contributed by atoms with Gasteiger partial charge in [0, 0.05) is 30.4 Å². The quantitative estimate of drug-likeness (QED) is 0.299. The lowest BCUT2D eigenvalue weighted by molar-refractivity contribution is -0.122. The Balaban J connectivity index is 0.00000264. The Labute approximate surface area is 162 Å². The van der Waals surface area contributed by atoms with Crippen LogP contribution in [0.4, 0.5) is 0 Å². The number of carbonyl (C=O) groups excluding carboxylic acids is 1. The van der Waals surface area contributed by atoms with E-state index in [1.165, 1.54) is 11.3 Å². The van der Waals surface area contributed by atoms with E-state index in [1.807, 2.05) is 13.0 Å². The van der Waals surface area contributed by atoms with Gasteiger partial charge in [-0.25, -0.2) is 0 Å². The van der Waals surface area contributed by atoms with Gasteiger partial charge in [-0.05, 0) is 25.5 Å². The Bertz CT molecular complexity index is 531. The lowest BCUT2D eigenvalue weighted by Gasteiger charge is -2.25. The third-order valence-electron chi connectivity index (χ3n) is 3.30. The summed E-state index contributed by atoms with van der Waals surface area (Å²) < 4.78 is 0.654. The number of piperidine rings is 1. The fourth-order valence-corrected chi connectivity index (χ4v) is 3.18. The van der Waals surface area contributed by atoms with Crippen LogP contribution in [0.1, 0.15) is 30.7 Å². The van der Waals surface area contributed by atoms with Crippen LogP contribution in [-0.4, -0.2) is 42.6 Å². The van der Waals surface area contributed by atoms with Crippen molar-refractivity contribution < 1.29 is 9.90 Å². The van der Waals surface area contributed by atoms with Crippen molar-refractivity contribution in [2.24, 2.45) is 4.99 Å². The van der Waals surface area contributed by atoms with E-state index in [1.54, 1.807) is 6.07 Å². The minimum atomic E-state index is -0.668. The zero-order chi connectivity index (χ0) is 15.9. The first-order valence-electron chi connectivity index (χ1n) is 7.33. The van der Waals surface area contributed by atoms with Gasteiger partial charge in [0.25, 0.3) is 0 Å². The molecule has 0 spiro atoms. The molecule has 1 fully saturated rings. The minimum absolute atomic E-state index is 0. The molecule has 6 nitrogen and oxygen atoms in total. The van der Waals surface area contributed by atoms with Gasteiger partial charge in [0.15, 0.2) is 5.96 Å². The van der Waals surface area contributed by atoms with E-state index in [-0.39, 0.29) is 42.5 Å². The van der Waals surface area contributed by atoms with Crippen LogP contribution in [0.3, 0.4) is 0 Å². The number of carbonyl (C=O) groups is 1. The summed E-state index contributed by atoms with van der Waals surface area (Å²) in [6.07, 6.45) is 0.631. The summed E-state index contributed by atoms with van der Waals surface area (Å²) in [6.45, 7) is 3.55. The summed E-state index contributed by atoms with van der Waals surface area (Å²) in [6, 6.07) is 3.73. The number of nitrogens with one attached hydrogen (secondary N) is 3. The molecule has 2 rings (SSSR count). The van der Waals surface area contributed by atoms with Crippen LogP contribution < -0.4 is 16.0 Å². The second-order valence-corrected chi connectivity index (χ2v) is 6.81. The lowest BCUT2D eigenvalue weighted by atomic mass is 10.1. The van der Waals surface area contributed by atoms with Gasteiger partial charge in [-0.2, -0.15) is 0 Å². The molecule has 1 aliphatic rings. The van der Waals surface area contributed by atoms with Gasteiger partial charge in [-0.1, -0.05) is 11.6 Å². The number of amides is 1. The molecule has 0 aromatic carbocycles. The molecule has 0 saturated carbocycles. The highest BCUT2D eigenvalue weighted by atomic mass is 127. The number of rotatable bonds is 5. The molecule has 1 saturated heterocycles. The van der Waals surface area contributed by atoms with E-state index in [0.29, 0.717) is 23.3 Å². The van der Waals surface area contributed by atoms with Crippen LogP contribution >= 0.6 is 46.9 Å². The van der Waals surface area contributed by atoms with Gasteiger partial charge in [0.2, 0.25) is 5.91 Å². The molecule has 0 bridgehead atoms. The molecule has 4 N–H and O–H groups in total. The van der Waals surface area contributed by atoms with Crippen molar-refractivity contribution in [1.82, 2.24) is 16.0 Å². The van der Waals surface area contributed by atoms with Crippen LogP contribution in [0.2, 0.25) is 4.34 Å². The van der Waals surface area contributed by atoms with Crippen LogP contribution in [-0.2, 0) is 4.79 Å². The standard InChI is InChI=1S/C14H21ClN4O2S.HI/c1-2-16-14(19-9-3-6-13(21)17-7-9)18-8-10(20)11-4-5-12(15)22-11;/h4-5,9-10,20H,2-3,6-8H2,1H3,(H,17,21)(H2,16,18,19);1H. The highest BCUT2D eigenvalue weighted by Crippen LogP contribution is 2.26. The molecular formula is C14H22ClIN4O2S. The Kier molecular flexibility index (Phi) is 9.18. The van der Waals surface area contributed by atoms with Crippen molar-refractivity contribution in [2.45, 2.75) is 31.9 Å². The van der Waals surface area contributed by atoms with Crippen LogP contribution in [0.25, 0.3) is 0 Å². The predicted octanol–water partition coefficient (Wildman–Crippen LogP) is 1.89. The van der Waals surface area contributed by atoms with Crippen molar-refractivity contribution in [3.63, 3.8) is 0 Å². The fourth-order valence-electron chi connectivity index (χ4n) is 2.14. The van der Waals surface area contributed by atoms with Crippen LogP contribution in [0.15, 0.2) is 17.1 Å². The number of hydrogen-bond donors (Lipinski definition) is 4. The number of aliphatic hydroxyl groups excluding tert-OH is 1. The molecule has 9 heteroatoms. The third kappa shape index (κ3) is 6.82. The second kappa shape index (κ2) is 10.3. The highest BCUT2D eigenvalue weighted by Gasteiger charge is 2.19. The lowest BCUT2D eigenvalue weighted by Crippen LogP contribution is -2.51. The molecule has 1 aromatic rings. The monoisotopic (exact) mass is 472 g/mol. The first-order valence-corrected chi connectivity index (χ1v) is 8.52. The number of guanidine groups is 1. The van der Waals surface area contributed by atoms with Gasteiger partial charge < -0.3 is 21.1 Å². The first kappa shape index (κ1) is 20.5. The topological polar surface area (TPSA) is 85.8 Å². The summed E-state index contributed by atoms with van der Waals surface area (Å²) in [5, 5.41) is 19.4. The molecule has 1 aliphatic heterocycles. The van der Waals surface area contributed by atoms with E-state index in [9.17, 15) is 9.90 Å². The van der Waals surface area contributed by atoms with E-state index < -0.39 is 6.10 Å². The van der Waals surface area contributed by atoms with Crippen molar-refractivity contribution >= 4 is 58.8 Å². The van der Waals surface area contributed by atoms with Gasteiger partial charge >= 0.3 is 0 Å². The average molecular weight is 473 g/mol. The third-order valence-corrected chi connectivity index (χ3v) is 4.63. The zero-order valence-corrected chi connectivity index (χ0v) is 16.7. The molecule has 130 valence electrons. The van der Waals surface area contributed by atoms with E-state index in [0.717, 1.165) is 17.8 Å². The van der Waals surface area contributed by atoms with Gasteiger partial charge in [0.05, 0.1) is 10.9 Å². The summed E-state index contributed by atoms with van der Waals surface area (Å²) in [4.78, 5) is 16.4. The number of thiophene rings is 1. The summed E-state index contributed by atoms with van der Waals surface area (Å²) >= 11 is 7.22. The van der Waals surface area contributed by atoms with Crippen LogP contribution in [0.5, 0.6) is 0 Å². The Hall–Kier alpha value is -0.580. The Morgan fingerprint density at radius 2 is 2.39 bits per heavy atom. The Morgan fingerprint density at radius 1 is 1.61 bits per heavy atom. The summed E-state index contributed by atoms with van der Waals surface area (Å²) in [5.41, 5.74) is 0. The minimum Gasteiger partial charge on any atom is -0.386 e. The number of aliphatic hydroxyl groups is 1. The molecule has 2 atom stereocenters. The second-order valence-electron chi connectivity index (χ2n) is 5.06. The van der Waals surface area contributed by atoms with Gasteiger partial charge in [-0.3, -0.25) is 9.79 Å². The summed E-state index contributed by atoms with van der Waals surface area (Å²) in [5.74, 6) is 0.732. The molecule has 23 heavy (non-hydrogen) atoms. The van der Waals surface area contributed by atoms with Crippen LogP contribution in [0, 0.1) is 0 Å². The molecule has 1 aromatic heterocycles. The van der Waals surface area contributed by atoms with Crippen molar-refractivity contribution in [1.29, 1.82) is 0 Å². The number of nitrogens with zero attached hydrogens (tertiary/aromatic N) is 1. The molecule has 2 unspecified atom stereocenters. The average Bonchev–Trinajstić information content (AvgIpc) is 2.93. The maximum Gasteiger partial charge on any atom is 0.220 e. The van der Waals surface area contributed by atoms with E-state index >= 15 is 0 Å². The molecular weight excluding hydrogens is 451 g/mol. The maximum absolute atomic E-state index is 11.2. The number of halogens is 2. The molecule has 0 radical (unpaired) electrons. The number of hydrogen-bond acceptors (Lipinski definition) is 4. The predicted molar refractivity (Wildman–Crippen MR) is 105 cm³/mol. The van der Waals surface area contributed by atoms with E-state index in [2.05, 4.69) is 20.9 Å². The van der Waals surface area contributed by atoms with Crippen molar-refractivity contribution in [3.8, 4) is 0 Å². The van der Waals surface area contributed by atoms with Crippen molar-refractivity contribution in [3.05, 3.63) is 21.3 Å². The van der Waals surface area contributed by atoms with Crippen molar-refractivity contribution in [2.75, 3.05) is 19.6 Å². The first-order chi connectivity index (χ1) is 10.6. The SMILES string of the molecule is CCNC(=NCC(O)c1ccc(Cl)s1)NC1CCC(=O)NC1.I. The zero-order valence-electron chi connectivity index (χ0n) is 12.8. The normalized spacial score (nSPS) is 19.5.